The topological polar surface area (TPSA) is 54.0 Å². The molecule has 4 rings (SSSR count). The molecule has 0 unspecified atom stereocenters. The molecule has 0 N–H and O–H groups in total. The summed E-state index contributed by atoms with van der Waals surface area (Å²) < 4.78 is 24.3. The van der Waals surface area contributed by atoms with Gasteiger partial charge in [-0.05, 0) is 42.1 Å². The number of carbonyl (C=O) groups is 1. The van der Waals surface area contributed by atoms with Gasteiger partial charge in [-0.1, -0.05) is 143 Å². The molecule has 1 spiro atoms. The van der Waals surface area contributed by atoms with Crippen LogP contribution in [0, 0.1) is 11.3 Å². The van der Waals surface area contributed by atoms with Gasteiger partial charge in [-0.25, -0.2) is 4.79 Å². The van der Waals surface area contributed by atoms with E-state index in [1.54, 1.807) is 7.11 Å². The Morgan fingerprint density at radius 3 is 2.00 bits per heavy atom. The van der Waals surface area contributed by atoms with Gasteiger partial charge in [0.25, 0.3) is 0 Å². The van der Waals surface area contributed by atoms with Crippen molar-refractivity contribution in [3.05, 3.63) is 96.3 Å². The molecule has 250 valence electrons. The van der Waals surface area contributed by atoms with Crippen LogP contribution in [-0.2, 0) is 23.4 Å². The van der Waals surface area contributed by atoms with Crippen molar-refractivity contribution in [2.75, 3.05) is 20.5 Å². The predicted molar refractivity (Wildman–Crippen MR) is 195 cm³/mol. The zero-order valence-electron chi connectivity index (χ0n) is 30.0. The van der Waals surface area contributed by atoms with Crippen molar-refractivity contribution in [1.29, 1.82) is 0 Å². The summed E-state index contributed by atoms with van der Waals surface area (Å²) in [5.41, 5.74) is -0.265. The lowest BCUT2D eigenvalue weighted by molar-refractivity contribution is -0.160. The standard InChI is InChI=1S/C39H56O5Si2/c1-30-26-39(34(42-29-41-9)25-35(40)44-39)38(8,23-18-24-43-45(10,11)36(2,3)4)27-31(30)28-46(37(5,6)7,32-19-14-12-15-20-32)33-21-16-13-17-22-33/h12-23,25,27,30H,24,26,28-29H2,1-11H3/b23-18+/t30-,38-,39+/m0/s1. The molecule has 5 nitrogen and oxygen atoms in total. The minimum absolute atomic E-state index is 0.0150. The Hall–Kier alpha value is -2.72. The smallest absolute Gasteiger partial charge is 0.335 e. The van der Waals surface area contributed by atoms with E-state index < -0.39 is 27.4 Å². The van der Waals surface area contributed by atoms with Crippen LogP contribution in [0.1, 0.15) is 61.8 Å². The van der Waals surface area contributed by atoms with E-state index in [1.165, 1.54) is 22.0 Å². The Kier molecular flexibility index (Phi) is 10.5. The third-order valence-electron chi connectivity index (χ3n) is 10.9. The summed E-state index contributed by atoms with van der Waals surface area (Å²) in [5, 5.41) is 2.98. The lowest BCUT2D eigenvalue weighted by Crippen LogP contribution is -2.64. The molecule has 0 amide bonds. The summed E-state index contributed by atoms with van der Waals surface area (Å²) in [7, 11) is -2.77. The summed E-state index contributed by atoms with van der Waals surface area (Å²) in [4.78, 5) is 13.0. The SMILES string of the molecule is COCOC1=CC(=O)O[C@]12C[C@H](C)C(C[Si](c1ccccc1)(c1ccccc1)C(C)(C)C)=C[C@]2(C)/C=C/CO[Si](C)(C)C(C)(C)C. The average Bonchev–Trinajstić information content (AvgIpc) is 3.30. The molecule has 0 saturated heterocycles. The fourth-order valence-corrected chi connectivity index (χ4v) is 13.7. The molecule has 2 aromatic rings. The van der Waals surface area contributed by atoms with Crippen molar-refractivity contribution < 1.29 is 23.4 Å². The van der Waals surface area contributed by atoms with Gasteiger partial charge in [0, 0.05) is 13.5 Å². The largest absolute Gasteiger partial charge is 0.467 e. The van der Waals surface area contributed by atoms with Crippen molar-refractivity contribution >= 4 is 32.7 Å². The van der Waals surface area contributed by atoms with Crippen LogP contribution in [0.15, 0.2) is 96.3 Å². The number of methoxy groups -OCH3 is 1. The number of hydrogen-bond donors (Lipinski definition) is 0. The van der Waals surface area contributed by atoms with Crippen LogP contribution >= 0.6 is 0 Å². The van der Waals surface area contributed by atoms with Crippen LogP contribution in [0.2, 0.25) is 29.2 Å². The van der Waals surface area contributed by atoms with Gasteiger partial charge in [-0.3, -0.25) is 0 Å². The lowest BCUT2D eigenvalue weighted by atomic mass is 9.62. The van der Waals surface area contributed by atoms with Gasteiger partial charge < -0.3 is 18.6 Å². The molecule has 0 bridgehead atoms. The van der Waals surface area contributed by atoms with Crippen molar-refractivity contribution in [3.63, 3.8) is 0 Å². The number of carbonyl (C=O) groups excluding carboxylic acids is 1. The maximum absolute atomic E-state index is 13.0. The second-order valence-corrected chi connectivity index (χ2v) is 25.6. The average molecular weight is 661 g/mol. The van der Waals surface area contributed by atoms with Crippen LogP contribution in [0.25, 0.3) is 0 Å². The zero-order chi connectivity index (χ0) is 34.0. The molecule has 46 heavy (non-hydrogen) atoms. The summed E-state index contributed by atoms with van der Waals surface area (Å²) >= 11 is 0. The van der Waals surface area contributed by atoms with E-state index in [0.29, 0.717) is 18.8 Å². The minimum Gasteiger partial charge on any atom is -0.467 e. The Balaban J connectivity index is 1.88. The van der Waals surface area contributed by atoms with E-state index >= 15 is 0 Å². The third-order valence-corrected chi connectivity index (χ3v) is 21.6. The Morgan fingerprint density at radius 2 is 1.50 bits per heavy atom. The van der Waals surface area contributed by atoms with Crippen LogP contribution in [-0.4, -0.2) is 48.5 Å². The summed E-state index contributed by atoms with van der Waals surface area (Å²) in [6.07, 6.45) is 8.83. The van der Waals surface area contributed by atoms with E-state index in [-0.39, 0.29) is 28.8 Å². The van der Waals surface area contributed by atoms with Gasteiger partial charge in [-0.2, -0.15) is 0 Å². The number of allylic oxidation sites excluding steroid dienone is 1. The van der Waals surface area contributed by atoms with Crippen LogP contribution < -0.4 is 10.4 Å². The van der Waals surface area contributed by atoms with Gasteiger partial charge in [-0.15, -0.1) is 0 Å². The molecule has 1 aliphatic carbocycles. The van der Waals surface area contributed by atoms with E-state index in [0.717, 1.165) is 6.04 Å². The molecule has 3 atom stereocenters. The van der Waals surface area contributed by atoms with Gasteiger partial charge in [0.05, 0.1) is 18.1 Å². The molecule has 0 fully saturated rings. The molecule has 1 aliphatic heterocycles. The zero-order valence-corrected chi connectivity index (χ0v) is 32.0. The third kappa shape index (κ3) is 6.80. The van der Waals surface area contributed by atoms with Crippen molar-refractivity contribution in [1.82, 2.24) is 0 Å². The van der Waals surface area contributed by atoms with Crippen molar-refractivity contribution in [3.8, 4) is 0 Å². The number of hydrogen-bond acceptors (Lipinski definition) is 5. The molecule has 0 aromatic heterocycles. The van der Waals surface area contributed by atoms with Crippen LogP contribution in [0.3, 0.4) is 0 Å². The quantitative estimate of drug-likeness (QED) is 0.105. The molecular weight excluding hydrogens is 605 g/mol. The number of esters is 1. The van der Waals surface area contributed by atoms with Gasteiger partial charge >= 0.3 is 5.97 Å². The fourth-order valence-electron chi connectivity index (χ4n) is 7.13. The van der Waals surface area contributed by atoms with E-state index in [4.69, 9.17) is 18.6 Å². The molecule has 0 radical (unpaired) electrons. The molecule has 2 aromatic carbocycles. The summed E-state index contributed by atoms with van der Waals surface area (Å²) in [5.74, 6) is 0.302. The van der Waals surface area contributed by atoms with Gasteiger partial charge in [0.15, 0.2) is 26.5 Å². The van der Waals surface area contributed by atoms with E-state index in [1.807, 2.05) is 0 Å². The predicted octanol–water partition coefficient (Wildman–Crippen LogP) is 8.40. The van der Waals surface area contributed by atoms with E-state index in [2.05, 4.69) is 147 Å². The maximum atomic E-state index is 13.0. The Morgan fingerprint density at radius 1 is 0.935 bits per heavy atom. The molecule has 7 heteroatoms. The maximum Gasteiger partial charge on any atom is 0.335 e. The fraction of sp³-hybridized carbons (Fsp3) is 0.513. The normalized spacial score (nSPS) is 24.2. The highest BCUT2D eigenvalue weighted by molar-refractivity contribution is 7.04. The highest BCUT2D eigenvalue weighted by Crippen LogP contribution is 2.56. The first-order chi connectivity index (χ1) is 21.4. The highest BCUT2D eigenvalue weighted by Gasteiger charge is 2.60. The second kappa shape index (κ2) is 13.4. The molecule has 1 heterocycles. The van der Waals surface area contributed by atoms with Gasteiger partial charge in [0.1, 0.15) is 8.07 Å². The Bertz CT molecular complexity index is 1410. The second-order valence-electron chi connectivity index (χ2n) is 16.0. The summed E-state index contributed by atoms with van der Waals surface area (Å²) in [6.45, 7) is 23.5. The first-order valence-electron chi connectivity index (χ1n) is 16.6. The minimum atomic E-state index is -2.41. The molecule has 0 saturated carbocycles. The number of rotatable bonds is 11. The van der Waals surface area contributed by atoms with Crippen molar-refractivity contribution in [2.45, 2.75) is 96.6 Å². The van der Waals surface area contributed by atoms with Crippen LogP contribution in [0.4, 0.5) is 0 Å². The number of ether oxygens (including phenoxy) is 3. The first-order valence-corrected chi connectivity index (χ1v) is 21.8. The van der Waals surface area contributed by atoms with Gasteiger partial charge in [0.2, 0.25) is 0 Å². The summed E-state index contributed by atoms with van der Waals surface area (Å²) in [6, 6.07) is 23.2. The highest BCUT2D eigenvalue weighted by atomic mass is 28.4. The monoisotopic (exact) mass is 660 g/mol. The number of benzene rings is 2. The van der Waals surface area contributed by atoms with Crippen LogP contribution in [0.5, 0.6) is 0 Å². The van der Waals surface area contributed by atoms with E-state index in [9.17, 15) is 4.79 Å². The van der Waals surface area contributed by atoms with Crippen molar-refractivity contribution in [2.24, 2.45) is 11.3 Å². The molecule has 2 aliphatic rings. The Labute approximate surface area is 280 Å². The lowest BCUT2D eigenvalue weighted by Gasteiger charge is -2.51. The molecular formula is C39H56O5Si2. The first kappa shape index (κ1) is 36.1.